The summed E-state index contributed by atoms with van der Waals surface area (Å²) in [6.07, 6.45) is 9.81. The average molecular weight is 199 g/mol. The van der Waals surface area contributed by atoms with E-state index in [0.717, 1.165) is 11.3 Å². The quantitative estimate of drug-likeness (QED) is 0.563. The number of nitrogens with one attached hydrogen (secondary N) is 1. The largest absolute Gasteiger partial charge is 0.271 e. The van der Waals surface area contributed by atoms with E-state index in [0.29, 0.717) is 0 Å². The number of hydrogen-bond acceptors (Lipinski definition) is 3. The van der Waals surface area contributed by atoms with Crippen molar-refractivity contribution in [3.05, 3.63) is 66.0 Å². The van der Waals surface area contributed by atoms with E-state index in [-0.39, 0.29) is 0 Å². The standard InChI is InChI=1S/C12H13N3/c13-14-15-9-5-4-8-12(15)10-11-6-2-1-3-7-11/h1-10,14H,13H2. The van der Waals surface area contributed by atoms with Crippen LogP contribution in [0.4, 0.5) is 0 Å². The van der Waals surface area contributed by atoms with Crippen LogP contribution in [0.15, 0.2) is 60.5 Å². The summed E-state index contributed by atoms with van der Waals surface area (Å²) in [5.74, 6) is 5.40. The highest BCUT2D eigenvalue weighted by Crippen LogP contribution is 2.13. The molecule has 0 fully saturated rings. The first-order valence-corrected chi connectivity index (χ1v) is 4.77. The molecule has 1 aromatic rings. The summed E-state index contributed by atoms with van der Waals surface area (Å²) in [6, 6.07) is 10.1. The van der Waals surface area contributed by atoms with Gasteiger partial charge in [0.15, 0.2) is 0 Å². The molecule has 3 N–H and O–H groups in total. The van der Waals surface area contributed by atoms with Crippen molar-refractivity contribution >= 4 is 6.08 Å². The molecule has 0 bridgehead atoms. The first kappa shape index (κ1) is 9.71. The van der Waals surface area contributed by atoms with Crippen LogP contribution in [0.3, 0.4) is 0 Å². The fourth-order valence-corrected chi connectivity index (χ4v) is 1.41. The van der Waals surface area contributed by atoms with Crippen LogP contribution in [-0.2, 0) is 0 Å². The fourth-order valence-electron chi connectivity index (χ4n) is 1.41. The van der Waals surface area contributed by atoms with Crippen molar-refractivity contribution in [2.45, 2.75) is 0 Å². The Morgan fingerprint density at radius 3 is 2.67 bits per heavy atom. The normalized spacial score (nSPS) is 17.4. The van der Waals surface area contributed by atoms with Gasteiger partial charge in [-0.15, -0.1) is 0 Å². The second-order valence-corrected chi connectivity index (χ2v) is 3.18. The van der Waals surface area contributed by atoms with Gasteiger partial charge in [0.05, 0.1) is 5.70 Å². The molecule has 0 saturated heterocycles. The summed E-state index contributed by atoms with van der Waals surface area (Å²) in [4.78, 5) is 0. The number of nitrogens with two attached hydrogens (primary N) is 1. The highest BCUT2D eigenvalue weighted by molar-refractivity contribution is 5.56. The van der Waals surface area contributed by atoms with E-state index < -0.39 is 0 Å². The Bertz CT molecular complexity index is 404. The van der Waals surface area contributed by atoms with Crippen molar-refractivity contribution in [1.29, 1.82) is 0 Å². The Hall–Kier alpha value is -1.84. The molecular formula is C12H13N3. The van der Waals surface area contributed by atoms with Gasteiger partial charge in [0.1, 0.15) is 0 Å². The van der Waals surface area contributed by atoms with Crippen molar-refractivity contribution in [3.8, 4) is 0 Å². The van der Waals surface area contributed by atoms with E-state index in [4.69, 9.17) is 5.84 Å². The molecule has 0 unspecified atom stereocenters. The van der Waals surface area contributed by atoms with E-state index in [1.807, 2.05) is 54.8 Å². The third kappa shape index (κ3) is 2.34. The second-order valence-electron chi connectivity index (χ2n) is 3.18. The monoisotopic (exact) mass is 199 g/mol. The maximum absolute atomic E-state index is 5.40. The molecular weight excluding hydrogens is 186 g/mol. The summed E-state index contributed by atoms with van der Waals surface area (Å²) in [5.41, 5.74) is 4.75. The van der Waals surface area contributed by atoms with Gasteiger partial charge in [-0.1, -0.05) is 36.4 Å². The number of benzene rings is 1. The molecule has 0 atom stereocenters. The number of hydrazine groups is 2. The predicted octanol–water partition coefficient (Wildman–Crippen LogP) is 1.79. The van der Waals surface area contributed by atoms with Crippen LogP contribution in [0.25, 0.3) is 6.08 Å². The number of nitrogens with zero attached hydrogens (tertiary/aromatic N) is 1. The van der Waals surface area contributed by atoms with E-state index >= 15 is 0 Å². The van der Waals surface area contributed by atoms with Crippen LogP contribution in [-0.4, -0.2) is 5.01 Å². The Morgan fingerprint density at radius 2 is 1.93 bits per heavy atom. The highest BCUT2D eigenvalue weighted by Gasteiger charge is 2.03. The molecule has 3 nitrogen and oxygen atoms in total. The molecule has 1 aromatic carbocycles. The summed E-state index contributed by atoms with van der Waals surface area (Å²) < 4.78 is 0. The summed E-state index contributed by atoms with van der Waals surface area (Å²) in [5, 5.41) is 1.76. The van der Waals surface area contributed by atoms with E-state index in [1.54, 1.807) is 5.01 Å². The molecule has 15 heavy (non-hydrogen) atoms. The lowest BCUT2D eigenvalue weighted by Crippen LogP contribution is -2.38. The van der Waals surface area contributed by atoms with Gasteiger partial charge >= 0.3 is 0 Å². The second kappa shape index (κ2) is 4.59. The molecule has 0 amide bonds. The van der Waals surface area contributed by atoms with Gasteiger partial charge in [-0.2, -0.15) is 5.53 Å². The van der Waals surface area contributed by atoms with Crippen LogP contribution in [0, 0.1) is 0 Å². The molecule has 1 aliphatic rings. The SMILES string of the molecule is NNN1C=CC=CC1=Cc1ccccc1. The molecule has 2 rings (SSSR count). The van der Waals surface area contributed by atoms with Crippen molar-refractivity contribution in [1.82, 2.24) is 10.5 Å². The van der Waals surface area contributed by atoms with E-state index in [1.165, 1.54) is 0 Å². The minimum atomic E-state index is 1.01. The zero-order valence-electron chi connectivity index (χ0n) is 8.30. The molecule has 0 saturated carbocycles. The van der Waals surface area contributed by atoms with E-state index in [9.17, 15) is 0 Å². The van der Waals surface area contributed by atoms with Crippen molar-refractivity contribution in [3.63, 3.8) is 0 Å². The molecule has 0 radical (unpaired) electrons. The van der Waals surface area contributed by atoms with Gasteiger partial charge < -0.3 is 0 Å². The van der Waals surface area contributed by atoms with E-state index in [2.05, 4.69) is 11.6 Å². The summed E-state index contributed by atoms with van der Waals surface area (Å²) in [7, 11) is 0. The Balaban J connectivity index is 2.26. The first-order valence-electron chi connectivity index (χ1n) is 4.77. The zero-order valence-corrected chi connectivity index (χ0v) is 8.30. The van der Waals surface area contributed by atoms with Crippen LogP contribution in [0.1, 0.15) is 5.56 Å². The maximum Gasteiger partial charge on any atom is 0.0590 e. The third-order valence-electron chi connectivity index (χ3n) is 2.14. The van der Waals surface area contributed by atoms with Gasteiger partial charge in [0, 0.05) is 6.20 Å². The topological polar surface area (TPSA) is 41.3 Å². The van der Waals surface area contributed by atoms with Crippen LogP contribution >= 0.6 is 0 Å². The molecule has 76 valence electrons. The van der Waals surface area contributed by atoms with Crippen molar-refractivity contribution in [2.75, 3.05) is 0 Å². The van der Waals surface area contributed by atoms with Gasteiger partial charge in [-0.3, -0.25) is 10.9 Å². The lowest BCUT2D eigenvalue weighted by molar-refractivity contribution is 0.355. The van der Waals surface area contributed by atoms with Crippen molar-refractivity contribution in [2.24, 2.45) is 5.84 Å². The molecule has 3 heteroatoms. The number of rotatable bonds is 2. The van der Waals surface area contributed by atoms with Gasteiger partial charge in [0.25, 0.3) is 0 Å². The number of hydrogen-bond donors (Lipinski definition) is 2. The van der Waals surface area contributed by atoms with Gasteiger partial charge in [-0.05, 0) is 23.8 Å². The predicted molar refractivity (Wildman–Crippen MR) is 61.9 cm³/mol. The lowest BCUT2D eigenvalue weighted by Gasteiger charge is -2.21. The molecule has 1 aliphatic heterocycles. The lowest BCUT2D eigenvalue weighted by atomic mass is 10.1. The first-order chi connectivity index (χ1) is 7.40. The molecule has 0 aromatic heterocycles. The number of allylic oxidation sites excluding steroid dienone is 3. The minimum absolute atomic E-state index is 1.01. The zero-order chi connectivity index (χ0) is 10.5. The summed E-state index contributed by atoms with van der Waals surface area (Å²) >= 11 is 0. The smallest absolute Gasteiger partial charge is 0.0590 e. The molecule has 1 heterocycles. The Kier molecular flexibility index (Phi) is 2.97. The maximum atomic E-state index is 5.40. The van der Waals surface area contributed by atoms with Crippen LogP contribution in [0.2, 0.25) is 0 Å². The molecule has 0 aliphatic carbocycles. The van der Waals surface area contributed by atoms with Crippen LogP contribution < -0.4 is 11.4 Å². The molecule has 0 spiro atoms. The minimum Gasteiger partial charge on any atom is -0.271 e. The highest BCUT2D eigenvalue weighted by atomic mass is 15.6. The third-order valence-corrected chi connectivity index (χ3v) is 2.14. The fraction of sp³-hybridized carbons (Fsp3) is 0. The summed E-state index contributed by atoms with van der Waals surface area (Å²) in [6.45, 7) is 0. The average Bonchev–Trinajstić information content (AvgIpc) is 2.31. The van der Waals surface area contributed by atoms with Gasteiger partial charge in [-0.25, -0.2) is 0 Å². The van der Waals surface area contributed by atoms with Crippen LogP contribution in [0.5, 0.6) is 0 Å². The van der Waals surface area contributed by atoms with Gasteiger partial charge in [0.2, 0.25) is 0 Å². The van der Waals surface area contributed by atoms with Crippen molar-refractivity contribution < 1.29 is 0 Å². The Labute approximate surface area is 89.1 Å². The Morgan fingerprint density at radius 1 is 1.13 bits per heavy atom.